The summed E-state index contributed by atoms with van der Waals surface area (Å²) in [4.78, 5) is 17.9. The second-order valence-corrected chi connectivity index (χ2v) is 8.91. The number of anilines is 1. The Hall–Kier alpha value is -2.52. The smallest absolute Gasteiger partial charge is 0.298 e. The summed E-state index contributed by atoms with van der Waals surface area (Å²) >= 11 is 1.18. The average Bonchev–Trinajstić information content (AvgIpc) is 3.13. The summed E-state index contributed by atoms with van der Waals surface area (Å²) in [6, 6.07) is 11.8. The third-order valence-corrected chi connectivity index (χ3v) is 6.33. The van der Waals surface area contributed by atoms with E-state index in [0.717, 1.165) is 12.1 Å². The number of halogens is 3. The quantitative estimate of drug-likeness (QED) is 0.580. The molecule has 1 aromatic heterocycles. The highest BCUT2D eigenvalue weighted by atomic mass is 32.2. The second-order valence-electron chi connectivity index (χ2n) is 6.09. The Morgan fingerprint density at radius 3 is 2.66 bits per heavy atom. The lowest BCUT2D eigenvalue weighted by Gasteiger charge is -2.08. The Labute approximate surface area is 172 Å². The summed E-state index contributed by atoms with van der Waals surface area (Å²) in [7, 11) is -1.28. The molecule has 0 aliphatic carbocycles. The SMILES string of the molecule is CCS(=O)c1ccccc1C(=O)Nc1ncc(Cc2cccc(C(F)(F)F)c2)s1. The van der Waals surface area contributed by atoms with E-state index in [4.69, 9.17) is 0 Å². The van der Waals surface area contributed by atoms with E-state index < -0.39 is 28.4 Å². The molecule has 1 N–H and O–H groups in total. The molecule has 0 aliphatic heterocycles. The van der Waals surface area contributed by atoms with Gasteiger partial charge < -0.3 is 0 Å². The zero-order valence-electron chi connectivity index (χ0n) is 15.3. The average molecular weight is 438 g/mol. The highest BCUT2D eigenvalue weighted by Gasteiger charge is 2.30. The van der Waals surface area contributed by atoms with Gasteiger partial charge in [0.1, 0.15) is 0 Å². The first-order chi connectivity index (χ1) is 13.8. The molecular weight excluding hydrogens is 421 g/mol. The molecule has 152 valence electrons. The maximum Gasteiger partial charge on any atom is 0.416 e. The first-order valence-corrected chi connectivity index (χ1v) is 10.8. The molecule has 1 heterocycles. The molecule has 0 radical (unpaired) electrons. The Balaban J connectivity index is 1.73. The van der Waals surface area contributed by atoms with Crippen LogP contribution in [0.1, 0.15) is 33.3 Å². The van der Waals surface area contributed by atoms with Gasteiger partial charge in [0.05, 0.1) is 26.8 Å². The summed E-state index contributed by atoms with van der Waals surface area (Å²) < 4.78 is 50.7. The Morgan fingerprint density at radius 2 is 1.93 bits per heavy atom. The predicted molar refractivity (Wildman–Crippen MR) is 108 cm³/mol. The van der Waals surface area contributed by atoms with E-state index in [1.54, 1.807) is 37.3 Å². The third kappa shape index (κ3) is 5.30. The molecule has 3 aromatic rings. The summed E-state index contributed by atoms with van der Waals surface area (Å²) in [6.45, 7) is 1.77. The van der Waals surface area contributed by atoms with Crippen LogP contribution < -0.4 is 5.32 Å². The standard InChI is InChI=1S/C20H17F3N2O2S2/c1-2-29(27)17-9-4-3-8-16(17)18(26)25-19-24-12-15(28-19)11-13-6-5-7-14(10-13)20(21,22)23/h3-10,12H,2,11H2,1H3,(H,24,25,26). The Morgan fingerprint density at radius 1 is 1.17 bits per heavy atom. The molecule has 2 aromatic carbocycles. The molecule has 4 nitrogen and oxygen atoms in total. The van der Waals surface area contributed by atoms with Crippen LogP contribution in [0.5, 0.6) is 0 Å². The lowest BCUT2D eigenvalue weighted by Crippen LogP contribution is -2.15. The number of nitrogens with zero attached hydrogens (tertiary/aromatic N) is 1. The molecule has 9 heteroatoms. The maximum absolute atomic E-state index is 12.9. The van der Waals surface area contributed by atoms with E-state index in [-0.39, 0.29) is 6.42 Å². The number of carbonyl (C=O) groups excluding carboxylic acids is 1. The van der Waals surface area contributed by atoms with Crippen LogP contribution in [0.15, 0.2) is 59.6 Å². The van der Waals surface area contributed by atoms with Gasteiger partial charge in [-0.1, -0.05) is 37.3 Å². The summed E-state index contributed by atoms with van der Waals surface area (Å²) in [6.07, 6.45) is -2.60. The molecule has 0 spiro atoms. The fraction of sp³-hybridized carbons (Fsp3) is 0.200. The number of alkyl halides is 3. The monoisotopic (exact) mass is 438 g/mol. The van der Waals surface area contributed by atoms with Gasteiger partial charge >= 0.3 is 6.18 Å². The highest BCUT2D eigenvalue weighted by Crippen LogP contribution is 2.30. The molecule has 0 fully saturated rings. The summed E-state index contributed by atoms with van der Waals surface area (Å²) in [5.74, 6) is -0.0368. The van der Waals surface area contributed by atoms with Crippen LogP contribution in [0.25, 0.3) is 0 Å². The number of amides is 1. The fourth-order valence-electron chi connectivity index (χ4n) is 2.68. The van der Waals surface area contributed by atoms with Crippen LogP contribution in [0.3, 0.4) is 0 Å². The van der Waals surface area contributed by atoms with Crippen molar-refractivity contribution in [1.82, 2.24) is 4.98 Å². The van der Waals surface area contributed by atoms with E-state index in [9.17, 15) is 22.2 Å². The van der Waals surface area contributed by atoms with E-state index in [2.05, 4.69) is 10.3 Å². The lowest BCUT2D eigenvalue weighted by molar-refractivity contribution is -0.137. The number of hydrogen-bond donors (Lipinski definition) is 1. The summed E-state index contributed by atoms with van der Waals surface area (Å²) in [5, 5.41) is 3.00. The van der Waals surface area contributed by atoms with Crippen molar-refractivity contribution >= 4 is 33.2 Å². The minimum atomic E-state index is -4.39. The zero-order valence-corrected chi connectivity index (χ0v) is 17.0. The van der Waals surface area contributed by atoms with Crippen LogP contribution in [0.4, 0.5) is 18.3 Å². The lowest BCUT2D eigenvalue weighted by atomic mass is 10.1. The largest absolute Gasteiger partial charge is 0.416 e. The minimum absolute atomic E-state index is 0.272. The number of aromatic nitrogens is 1. The molecular formula is C20H17F3N2O2S2. The van der Waals surface area contributed by atoms with Crippen LogP contribution in [-0.2, 0) is 23.4 Å². The van der Waals surface area contributed by atoms with Crippen LogP contribution in [-0.4, -0.2) is 20.9 Å². The molecule has 29 heavy (non-hydrogen) atoms. The second kappa shape index (κ2) is 8.87. The molecule has 1 atom stereocenters. The van der Waals surface area contributed by atoms with Crippen molar-refractivity contribution in [1.29, 1.82) is 0 Å². The van der Waals surface area contributed by atoms with E-state index >= 15 is 0 Å². The molecule has 0 saturated carbocycles. The Kier molecular flexibility index (Phi) is 6.49. The first-order valence-electron chi connectivity index (χ1n) is 8.67. The van der Waals surface area contributed by atoms with Gasteiger partial charge in [0.2, 0.25) is 0 Å². The van der Waals surface area contributed by atoms with Gasteiger partial charge in [-0.15, -0.1) is 11.3 Å². The predicted octanol–water partition coefficient (Wildman–Crippen LogP) is 5.13. The first kappa shape index (κ1) is 21.2. The van der Waals surface area contributed by atoms with Gasteiger partial charge in [-0.25, -0.2) is 4.98 Å². The fourth-order valence-corrected chi connectivity index (χ4v) is 4.47. The number of hydrogen-bond acceptors (Lipinski definition) is 4. The van der Waals surface area contributed by atoms with E-state index in [1.807, 2.05) is 0 Å². The third-order valence-electron chi connectivity index (χ3n) is 4.05. The number of thiazole rings is 1. The van der Waals surface area contributed by atoms with Gasteiger partial charge in [0.15, 0.2) is 5.13 Å². The van der Waals surface area contributed by atoms with Gasteiger partial charge in [-0.05, 0) is 23.8 Å². The van der Waals surface area contributed by atoms with Crippen LogP contribution in [0, 0.1) is 0 Å². The van der Waals surface area contributed by atoms with E-state index in [1.165, 1.54) is 23.6 Å². The number of nitrogens with one attached hydrogen (secondary N) is 1. The molecule has 0 aliphatic rings. The molecule has 1 amide bonds. The van der Waals surface area contributed by atoms with Crippen molar-refractivity contribution in [2.24, 2.45) is 0 Å². The van der Waals surface area contributed by atoms with Crippen LogP contribution >= 0.6 is 11.3 Å². The van der Waals surface area contributed by atoms with Crippen molar-refractivity contribution in [3.8, 4) is 0 Å². The van der Waals surface area contributed by atoms with Crippen molar-refractivity contribution in [3.63, 3.8) is 0 Å². The molecule has 0 bridgehead atoms. The number of benzene rings is 2. The van der Waals surface area contributed by atoms with Gasteiger partial charge in [0.25, 0.3) is 5.91 Å². The molecule has 3 rings (SSSR count). The topological polar surface area (TPSA) is 59.1 Å². The minimum Gasteiger partial charge on any atom is -0.298 e. The Bertz CT molecular complexity index is 1050. The van der Waals surface area contributed by atoms with Crippen molar-refractivity contribution in [2.45, 2.75) is 24.4 Å². The van der Waals surface area contributed by atoms with Crippen LogP contribution in [0.2, 0.25) is 0 Å². The van der Waals surface area contributed by atoms with Gasteiger partial charge in [-0.3, -0.25) is 14.3 Å². The maximum atomic E-state index is 12.9. The van der Waals surface area contributed by atoms with Crippen molar-refractivity contribution < 1.29 is 22.2 Å². The number of carbonyl (C=O) groups is 1. The van der Waals surface area contributed by atoms with Gasteiger partial charge in [-0.2, -0.15) is 13.2 Å². The van der Waals surface area contributed by atoms with Gasteiger partial charge in [0, 0.05) is 23.2 Å². The normalized spacial score (nSPS) is 12.6. The molecule has 0 saturated heterocycles. The highest BCUT2D eigenvalue weighted by molar-refractivity contribution is 7.85. The molecule has 1 unspecified atom stereocenters. The van der Waals surface area contributed by atoms with Crippen molar-refractivity contribution in [3.05, 3.63) is 76.3 Å². The van der Waals surface area contributed by atoms with Crippen molar-refractivity contribution in [2.75, 3.05) is 11.1 Å². The number of rotatable bonds is 6. The summed E-state index contributed by atoms with van der Waals surface area (Å²) in [5.41, 5.74) is 0.112. The zero-order chi connectivity index (χ0) is 21.0. The van der Waals surface area contributed by atoms with E-state index in [0.29, 0.717) is 31.8 Å².